The molecule has 0 heterocycles. The fraction of sp³-hybridized carbons (Fsp3) is 0.444. The predicted octanol–water partition coefficient (Wildman–Crippen LogP) is 4.45. The van der Waals surface area contributed by atoms with Crippen LogP contribution in [0.1, 0.15) is 63.0 Å². The summed E-state index contributed by atoms with van der Waals surface area (Å²) in [6.45, 7) is 3.70. The molecule has 1 atom stereocenters. The summed E-state index contributed by atoms with van der Waals surface area (Å²) in [4.78, 5) is 37.0. The zero-order valence-corrected chi connectivity index (χ0v) is 19.7. The van der Waals surface area contributed by atoms with Crippen molar-refractivity contribution in [1.29, 1.82) is 0 Å². The Hall–Kier alpha value is -3.35. The molecule has 0 radical (unpaired) electrons. The van der Waals surface area contributed by atoms with E-state index >= 15 is 0 Å². The standard InChI is InChI=1S/C27H32N2O5/c1-17(2)24(25(31)32)28-23(30)15-27(13-7-8-14-27)29-26(33)34-16-22-20-11-5-3-9-18(20)19-10-4-6-12-21(19)22/h3-6,9-12,17,22,24H,7-8,13-16H2,1-2H3,(H,28,30)(H,29,33)(H,31,32). The minimum Gasteiger partial charge on any atom is -0.480 e. The van der Waals surface area contributed by atoms with Crippen LogP contribution in [0.3, 0.4) is 0 Å². The number of nitrogens with one attached hydrogen (secondary N) is 2. The van der Waals surface area contributed by atoms with E-state index in [2.05, 4.69) is 34.9 Å². The van der Waals surface area contributed by atoms with Gasteiger partial charge in [0.15, 0.2) is 0 Å². The molecule has 0 saturated heterocycles. The van der Waals surface area contributed by atoms with Crippen LogP contribution in [-0.4, -0.2) is 41.3 Å². The van der Waals surface area contributed by atoms with Gasteiger partial charge in [0.05, 0.1) is 5.54 Å². The number of carbonyl (C=O) groups is 3. The number of hydrogen-bond acceptors (Lipinski definition) is 4. The van der Waals surface area contributed by atoms with Gasteiger partial charge in [-0.1, -0.05) is 75.2 Å². The maximum atomic E-state index is 12.8. The van der Waals surface area contributed by atoms with E-state index < -0.39 is 23.6 Å². The maximum Gasteiger partial charge on any atom is 0.407 e. The van der Waals surface area contributed by atoms with E-state index in [1.54, 1.807) is 13.8 Å². The van der Waals surface area contributed by atoms with Crippen molar-refractivity contribution in [3.05, 3.63) is 59.7 Å². The number of ether oxygens (including phenoxy) is 1. The highest BCUT2D eigenvalue weighted by Crippen LogP contribution is 2.44. The Labute approximate surface area is 199 Å². The molecule has 7 heteroatoms. The molecule has 0 spiro atoms. The molecule has 0 aliphatic heterocycles. The van der Waals surface area contributed by atoms with Crippen LogP contribution < -0.4 is 10.6 Å². The normalized spacial score (nSPS) is 17.0. The number of carboxylic acids is 1. The molecule has 0 aromatic heterocycles. The van der Waals surface area contributed by atoms with Gasteiger partial charge in [0.25, 0.3) is 0 Å². The predicted molar refractivity (Wildman–Crippen MR) is 128 cm³/mol. The molecule has 3 N–H and O–H groups in total. The van der Waals surface area contributed by atoms with E-state index in [-0.39, 0.29) is 30.8 Å². The summed E-state index contributed by atoms with van der Waals surface area (Å²) >= 11 is 0. The number of rotatable bonds is 8. The first-order valence-electron chi connectivity index (χ1n) is 11.9. The van der Waals surface area contributed by atoms with Crippen molar-refractivity contribution in [2.24, 2.45) is 5.92 Å². The molecule has 180 valence electrons. The van der Waals surface area contributed by atoms with Gasteiger partial charge in [-0.3, -0.25) is 4.79 Å². The van der Waals surface area contributed by atoms with E-state index in [4.69, 9.17) is 4.74 Å². The number of carboxylic acid groups (broad SMARTS) is 1. The topological polar surface area (TPSA) is 105 Å². The Balaban J connectivity index is 1.40. The number of fused-ring (bicyclic) bond motifs is 3. The minimum atomic E-state index is -1.06. The van der Waals surface area contributed by atoms with Crippen LogP contribution in [0.5, 0.6) is 0 Å². The van der Waals surface area contributed by atoms with E-state index in [0.717, 1.165) is 35.1 Å². The lowest BCUT2D eigenvalue weighted by Gasteiger charge is -2.30. The van der Waals surface area contributed by atoms with E-state index in [0.29, 0.717) is 12.8 Å². The molecule has 2 aliphatic rings. The average molecular weight is 465 g/mol. The van der Waals surface area contributed by atoms with Crippen LogP contribution in [0.2, 0.25) is 0 Å². The molecule has 4 rings (SSSR count). The Morgan fingerprint density at radius 1 is 1.00 bits per heavy atom. The van der Waals surface area contributed by atoms with Crippen molar-refractivity contribution >= 4 is 18.0 Å². The molecule has 2 amide bonds. The lowest BCUT2D eigenvalue weighted by molar-refractivity contribution is -0.143. The van der Waals surface area contributed by atoms with Crippen molar-refractivity contribution in [3.63, 3.8) is 0 Å². The fourth-order valence-corrected chi connectivity index (χ4v) is 5.29. The Kier molecular flexibility index (Phi) is 6.91. The first kappa shape index (κ1) is 23.8. The third kappa shape index (κ3) is 4.93. The van der Waals surface area contributed by atoms with Crippen LogP contribution in [0.25, 0.3) is 11.1 Å². The van der Waals surface area contributed by atoms with Crippen LogP contribution in [0, 0.1) is 5.92 Å². The second kappa shape index (κ2) is 9.87. The molecule has 2 aliphatic carbocycles. The van der Waals surface area contributed by atoms with Crippen LogP contribution >= 0.6 is 0 Å². The number of benzene rings is 2. The van der Waals surface area contributed by atoms with Gasteiger partial charge in [0, 0.05) is 12.3 Å². The largest absolute Gasteiger partial charge is 0.480 e. The number of alkyl carbamates (subject to hydrolysis) is 1. The van der Waals surface area contributed by atoms with Crippen LogP contribution in [-0.2, 0) is 14.3 Å². The highest BCUT2D eigenvalue weighted by molar-refractivity contribution is 5.85. The van der Waals surface area contributed by atoms with Gasteiger partial charge in [-0.05, 0) is 41.0 Å². The molecule has 7 nitrogen and oxygen atoms in total. The number of amides is 2. The summed E-state index contributed by atoms with van der Waals surface area (Å²) in [7, 11) is 0. The second-order valence-electron chi connectivity index (χ2n) is 9.74. The van der Waals surface area contributed by atoms with E-state index in [1.165, 1.54) is 0 Å². The number of hydrogen-bond donors (Lipinski definition) is 3. The zero-order valence-electron chi connectivity index (χ0n) is 19.7. The van der Waals surface area contributed by atoms with Crippen LogP contribution in [0.15, 0.2) is 48.5 Å². The summed E-state index contributed by atoms with van der Waals surface area (Å²) in [6, 6.07) is 15.3. The van der Waals surface area contributed by atoms with Crippen LogP contribution in [0.4, 0.5) is 4.79 Å². The molecular weight excluding hydrogens is 432 g/mol. The Morgan fingerprint density at radius 2 is 1.56 bits per heavy atom. The number of aliphatic carboxylic acids is 1. The minimum absolute atomic E-state index is 0.0354. The van der Waals surface area contributed by atoms with Crippen molar-refractivity contribution < 1.29 is 24.2 Å². The summed E-state index contributed by atoms with van der Waals surface area (Å²) in [6.07, 6.45) is 2.59. The van der Waals surface area contributed by atoms with Crippen molar-refractivity contribution in [3.8, 4) is 11.1 Å². The highest BCUT2D eigenvalue weighted by atomic mass is 16.5. The highest BCUT2D eigenvalue weighted by Gasteiger charge is 2.39. The first-order valence-corrected chi connectivity index (χ1v) is 11.9. The van der Waals surface area contributed by atoms with Gasteiger partial charge >= 0.3 is 12.1 Å². The quantitative estimate of drug-likeness (QED) is 0.535. The molecular formula is C27H32N2O5. The molecule has 34 heavy (non-hydrogen) atoms. The molecule has 1 saturated carbocycles. The third-order valence-corrected chi connectivity index (χ3v) is 7.02. The van der Waals surface area contributed by atoms with Gasteiger partial charge in [0.2, 0.25) is 5.91 Å². The van der Waals surface area contributed by atoms with Crippen molar-refractivity contribution in [2.45, 2.75) is 63.5 Å². The lowest BCUT2D eigenvalue weighted by atomic mass is 9.92. The number of carbonyl (C=O) groups excluding carboxylic acids is 2. The second-order valence-corrected chi connectivity index (χ2v) is 9.74. The van der Waals surface area contributed by atoms with Crippen molar-refractivity contribution in [2.75, 3.05) is 6.61 Å². The average Bonchev–Trinajstić information content (AvgIpc) is 3.38. The van der Waals surface area contributed by atoms with Gasteiger partial charge in [-0.25, -0.2) is 9.59 Å². The van der Waals surface area contributed by atoms with Gasteiger partial charge in [-0.15, -0.1) is 0 Å². The Morgan fingerprint density at radius 3 is 2.09 bits per heavy atom. The fourth-order valence-electron chi connectivity index (χ4n) is 5.29. The molecule has 2 aromatic rings. The third-order valence-electron chi connectivity index (χ3n) is 7.02. The summed E-state index contributed by atoms with van der Waals surface area (Å²) in [5.74, 6) is -1.71. The zero-order chi connectivity index (χ0) is 24.3. The van der Waals surface area contributed by atoms with Gasteiger partial charge in [-0.2, -0.15) is 0 Å². The monoisotopic (exact) mass is 464 g/mol. The summed E-state index contributed by atoms with van der Waals surface area (Å²) < 4.78 is 5.69. The van der Waals surface area contributed by atoms with Crippen molar-refractivity contribution in [1.82, 2.24) is 10.6 Å². The lowest BCUT2D eigenvalue weighted by Crippen LogP contribution is -2.52. The molecule has 1 unspecified atom stereocenters. The smallest absolute Gasteiger partial charge is 0.407 e. The molecule has 0 bridgehead atoms. The van der Waals surface area contributed by atoms with Gasteiger partial charge < -0.3 is 20.5 Å². The summed E-state index contributed by atoms with van der Waals surface area (Å²) in [5, 5.41) is 14.9. The van der Waals surface area contributed by atoms with E-state index in [9.17, 15) is 19.5 Å². The molecule has 2 aromatic carbocycles. The maximum absolute atomic E-state index is 12.8. The first-order chi connectivity index (χ1) is 16.3. The van der Waals surface area contributed by atoms with E-state index in [1.807, 2.05) is 24.3 Å². The van der Waals surface area contributed by atoms with Gasteiger partial charge in [0.1, 0.15) is 12.6 Å². The summed E-state index contributed by atoms with van der Waals surface area (Å²) in [5.41, 5.74) is 3.88. The Bertz CT molecular complexity index is 1030. The SMILES string of the molecule is CC(C)C(NC(=O)CC1(NC(=O)OCC2c3ccccc3-c3ccccc32)CCCC1)C(=O)O. The molecule has 1 fully saturated rings.